The quantitative estimate of drug-likeness (QED) is 0.644. The van der Waals surface area contributed by atoms with Crippen molar-refractivity contribution in [1.29, 1.82) is 5.26 Å². The summed E-state index contributed by atoms with van der Waals surface area (Å²) < 4.78 is 0. The van der Waals surface area contributed by atoms with Crippen LogP contribution in [0.25, 0.3) is 6.08 Å². The van der Waals surface area contributed by atoms with Crippen molar-refractivity contribution >= 4 is 23.4 Å². The van der Waals surface area contributed by atoms with Gasteiger partial charge in [0.05, 0.1) is 0 Å². The van der Waals surface area contributed by atoms with E-state index in [0.717, 1.165) is 23.3 Å². The maximum Gasteiger partial charge on any atom is 0.346 e. The highest BCUT2D eigenvalue weighted by molar-refractivity contribution is 7.11. The minimum atomic E-state index is -1.17. The van der Waals surface area contributed by atoms with Gasteiger partial charge in [0.15, 0.2) is 0 Å². The molecule has 4 heteroatoms. The molecular weight excluding hydrogens is 222 g/mol. The van der Waals surface area contributed by atoms with Crippen LogP contribution in [0, 0.1) is 11.3 Å². The minimum Gasteiger partial charge on any atom is -0.477 e. The standard InChI is InChI=1S/C12H13NO2S/c1-3-8-7-16-11(10(8)4-2)5-9(6-13)12(14)15/h5,7H,3-4H2,1-2H3,(H,14,15). The lowest BCUT2D eigenvalue weighted by atomic mass is 10.1. The highest BCUT2D eigenvalue weighted by Crippen LogP contribution is 2.26. The molecular formula is C12H13NO2S. The molecule has 0 aliphatic heterocycles. The molecule has 1 rings (SSSR count). The second-order valence-corrected chi connectivity index (χ2v) is 4.20. The Labute approximate surface area is 98.7 Å². The van der Waals surface area contributed by atoms with Gasteiger partial charge >= 0.3 is 5.97 Å². The number of hydrogen-bond acceptors (Lipinski definition) is 3. The first-order valence-corrected chi connectivity index (χ1v) is 5.96. The summed E-state index contributed by atoms with van der Waals surface area (Å²) in [4.78, 5) is 11.6. The largest absolute Gasteiger partial charge is 0.477 e. The van der Waals surface area contributed by atoms with Crippen LogP contribution in [-0.4, -0.2) is 11.1 Å². The lowest BCUT2D eigenvalue weighted by Gasteiger charge is -1.99. The molecule has 1 N–H and O–H groups in total. The minimum absolute atomic E-state index is 0.209. The van der Waals surface area contributed by atoms with Crippen molar-refractivity contribution in [2.24, 2.45) is 0 Å². The predicted octanol–water partition coefficient (Wildman–Crippen LogP) is 2.86. The number of hydrogen-bond donors (Lipinski definition) is 1. The molecule has 1 aromatic rings. The van der Waals surface area contributed by atoms with Crippen LogP contribution in [0.5, 0.6) is 0 Å². The maximum absolute atomic E-state index is 10.7. The Kier molecular flexibility index (Phi) is 4.27. The Hall–Kier alpha value is -1.60. The van der Waals surface area contributed by atoms with Crippen LogP contribution in [0.4, 0.5) is 0 Å². The number of aryl methyl sites for hydroxylation is 1. The van der Waals surface area contributed by atoms with Crippen molar-refractivity contribution in [3.8, 4) is 6.07 Å². The second-order valence-electron chi connectivity index (χ2n) is 3.29. The number of aliphatic carboxylic acids is 1. The van der Waals surface area contributed by atoms with Crippen molar-refractivity contribution in [2.45, 2.75) is 26.7 Å². The number of nitrogens with zero attached hydrogens (tertiary/aromatic N) is 1. The normalized spacial score (nSPS) is 11.2. The summed E-state index contributed by atoms with van der Waals surface area (Å²) in [6.45, 7) is 4.10. The first-order chi connectivity index (χ1) is 7.63. The molecule has 0 radical (unpaired) electrons. The second kappa shape index (κ2) is 5.47. The Morgan fingerprint density at radius 3 is 2.69 bits per heavy atom. The monoisotopic (exact) mass is 235 g/mol. The van der Waals surface area contributed by atoms with E-state index in [2.05, 4.69) is 6.92 Å². The van der Waals surface area contributed by atoms with Gasteiger partial charge in [-0.3, -0.25) is 0 Å². The number of thiophene rings is 1. The summed E-state index contributed by atoms with van der Waals surface area (Å²) >= 11 is 1.50. The molecule has 0 aliphatic carbocycles. The zero-order chi connectivity index (χ0) is 12.1. The van der Waals surface area contributed by atoms with Gasteiger partial charge in [-0.1, -0.05) is 13.8 Å². The van der Waals surface area contributed by atoms with Crippen LogP contribution in [0.1, 0.15) is 29.9 Å². The van der Waals surface area contributed by atoms with E-state index in [-0.39, 0.29) is 5.57 Å². The van der Waals surface area contributed by atoms with E-state index < -0.39 is 5.97 Å². The van der Waals surface area contributed by atoms with E-state index in [9.17, 15) is 4.79 Å². The third-order valence-electron chi connectivity index (χ3n) is 2.37. The van der Waals surface area contributed by atoms with Crippen LogP contribution in [-0.2, 0) is 17.6 Å². The first-order valence-electron chi connectivity index (χ1n) is 5.08. The zero-order valence-electron chi connectivity index (χ0n) is 9.28. The van der Waals surface area contributed by atoms with Gasteiger partial charge in [-0.2, -0.15) is 5.26 Å². The SMILES string of the molecule is CCc1csc(C=C(C#N)C(=O)O)c1CC. The van der Waals surface area contributed by atoms with Gasteiger partial charge in [0.2, 0.25) is 0 Å². The Balaban J connectivity index is 3.20. The Morgan fingerprint density at radius 2 is 2.25 bits per heavy atom. The van der Waals surface area contributed by atoms with Crippen molar-refractivity contribution < 1.29 is 9.90 Å². The molecule has 0 aliphatic rings. The highest BCUT2D eigenvalue weighted by atomic mass is 32.1. The molecule has 0 spiro atoms. The topological polar surface area (TPSA) is 61.1 Å². The van der Waals surface area contributed by atoms with Gasteiger partial charge in [0.25, 0.3) is 0 Å². The fraction of sp³-hybridized carbons (Fsp3) is 0.333. The van der Waals surface area contributed by atoms with Crippen molar-refractivity contribution in [3.05, 3.63) is 27.0 Å². The van der Waals surface area contributed by atoms with E-state index in [1.807, 2.05) is 12.3 Å². The Morgan fingerprint density at radius 1 is 1.56 bits per heavy atom. The molecule has 0 fully saturated rings. The van der Waals surface area contributed by atoms with Gasteiger partial charge in [-0.25, -0.2) is 4.79 Å². The molecule has 0 aromatic carbocycles. The summed E-state index contributed by atoms with van der Waals surface area (Å²) in [6, 6.07) is 1.70. The third kappa shape index (κ3) is 2.50. The van der Waals surface area contributed by atoms with Crippen molar-refractivity contribution in [1.82, 2.24) is 0 Å². The lowest BCUT2D eigenvalue weighted by Crippen LogP contribution is -1.97. The molecule has 0 atom stereocenters. The summed E-state index contributed by atoms with van der Waals surface area (Å²) in [5, 5.41) is 19.5. The summed E-state index contributed by atoms with van der Waals surface area (Å²) in [7, 11) is 0. The van der Waals surface area contributed by atoms with Crippen molar-refractivity contribution in [3.63, 3.8) is 0 Å². The molecule has 0 unspecified atom stereocenters. The van der Waals surface area contributed by atoms with Crippen LogP contribution in [0.3, 0.4) is 0 Å². The molecule has 0 saturated carbocycles. The van der Waals surface area contributed by atoms with Gasteiger partial charge in [-0.05, 0) is 35.4 Å². The molecule has 0 bridgehead atoms. The van der Waals surface area contributed by atoms with E-state index in [0.29, 0.717) is 0 Å². The summed E-state index contributed by atoms with van der Waals surface area (Å²) in [5.41, 5.74) is 2.18. The fourth-order valence-electron chi connectivity index (χ4n) is 1.53. The van der Waals surface area contributed by atoms with Crippen LogP contribution < -0.4 is 0 Å². The molecule has 1 heterocycles. The first kappa shape index (κ1) is 12.5. The molecule has 3 nitrogen and oxygen atoms in total. The predicted molar refractivity (Wildman–Crippen MR) is 64.3 cm³/mol. The van der Waals surface area contributed by atoms with Crippen LogP contribution in [0.15, 0.2) is 11.0 Å². The van der Waals surface area contributed by atoms with E-state index in [4.69, 9.17) is 10.4 Å². The Bertz CT molecular complexity index is 466. The average Bonchev–Trinajstić information content (AvgIpc) is 2.67. The third-order valence-corrected chi connectivity index (χ3v) is 3.39. The number of carboxylic acid groups (broad SMARTS) is 1. The van der Waals surface area contributed by atoms with Gasteiger partial charge in [-0.15, -0.1) is 11.3 Å². The molecule has 0 amide bonds. The van der Waals surface area contributed by atoms with Gasteiger partial charge < -0.3 is 5.11 Å². The van der Waals surface area contributed by atoms with Gasteiger partial charge in [0.1, 0.15) is 11.6 Å². The number of rotatable bonds is 4. The lowest BCUT2D eigenvalue weighted by molar-refractivity contribution is -0.132. The van der Waals surface area contributed by atoms with E-state index in [1.54, 1.807) is 6.07 Å². The molecule has 0 saturated heterocycles. The molecule has 84 valence electrons. The summed E-state index contributed by atoms with van der Waals surface area (Å²) in [6.07, 6.45) is 3.25. The maximum atomic E-state index is 10.7. The number of carbonyl (C=O) groups is 1. The van der Waals surface area contributed by atoms with Crippen LogP contribution >= 0.6 is 11.3 Å². The van der Waals surface area contributed by atoms with E-state index in [1.165, 1.54) is 23.0 Å². The summed E-state index contributed by atoms with van der Waals surface area (Å²) in [5.74, 6) is -1.17. The van der Waals surface area contributed by atoms with Crippen LogP contribution in [0.2, 0.25) is 0 Å². The average molecular weight is 235 g/mol. The highest BCUT2D eigenvalue weighted by Gasteiger charge is 2.11. The molecule has 16 heavy (non-hydrogen) atoms. The zero-order valence-corrected chi connectivity index (χ0v) is 10.1. The number of nitriles is 1. The van der Waals surface area contributed by atoms with E-state index >= 15 is 0 Å². The van der Waals surface area contributed by atoms with Gasteiger partial charge in [0, 0.05) is 4.88 Å². The fourth-order valence-corrected chi connectivity index (χ4v) is 2.71. The molecule has 1 aromatic heterocycles. The van der Waals surface area contributed by atoms with Crippen molar-refractivity contribution in [2.75, 3.05) is 0 Å². The number of carboxylic acids is 1. The smallest absolute Gasteiger partial charge is 0.346 e.